The summed E-state index contributed by atoms with van der Waals surface area (Å²) in [6.07, 6.45) is 1.76. The van der Waals surface area contributed by atoms with Crippen LogP contribution in [0.2, 0.25) is 0 Å². The zero-order valence-corrected chi connectivity index (χ0v) is 16.0. The molecule has 0 radical (unpaired) electrons. The lowest BCUT2D eigenvalue weighted by Crippen LogP contribution is -2.49. The molecule has 0 spiro atoms. The second-order valence-electron chi connectivity index (χ2n) is 6.70. The van der Waals surface area contributed by atoms with Crippen molar-refractivity contribution >= 4 is 17.9 Å². The van der Waals surface area contributed by atoms with E-state index in [0.717, 1.165) is 12.0 Å². The van der Waals surface area contributed by atoms with E-state index in [1.807, 2.05) is 30.3 Å². The van der Waals surface area contributed by atoms with Crippen molar-refractivity contribution in [2.45, 2.75) is 51.3 Å². The number of carbonyl (C=O) groups excluding carboxylic acids is 3. The van der Waals surface area contributed by atoms with Gasteiger partial charge in [-0.3, -0.25) is 9.59 Å². The second-order valence-corrected chi connectivity index (χ2v) is 6.70. The minimum atomic E-state index is -0.700. The molecular formula is C20H26N4O4. The van der Waals surface area contributed by atoms with Crippen LogP contribution in [0.4, 0.5) is 4.79 Å². The first-order chi connectivity index (χ1) is 13.5. The molecule has 1 unspecified atom stereocenters. The number of hydrogen-bond donors (Lipinski definition) is 2. The van der Waals surface area contributed by atoms with Crippen LogP contribution in [-0.4, -0.2) is 48.0 Å². The molecule has 0 bridgehead atoms. The number of nitrogens with one attached hydrogen (secondary N) is 2. The lowest BCUT2D eigenvalue weighted by atomic mass is 10.1. The standard InChI is InChI=1S/C20H26N4O4/c1-15(25)23-18(19(26)24-12-6-9-17(24)13-21)10-5-11-22-20(27)28-14-16-7-3-2-4-8-16/h2-4,7-8,17-18H,5-6,9-12,14H2,1H3,(H,22,27)(H,23,25)/t17?,18-/m0/s1. The van der Waals surface area contributed by atoms with Gasteiger partial charge in [-0.05, 0) is 31.2 Å². The summed E-state index contributed by atoms with van der Waals surface area (Å²) in [6.45, 7) is 2.38. The topological polar surface area (TPSA) is 112 Å². The van der Waals surface area contributed by atoms with Crippen molar-refractivity contribution in [3.05, 3.63) is 35.9 Å². The molecule has 0 aromatic heterocycles. The highest BCUT2D eigenvalue weighted by Gasteiger charge is 2.33. The molecule has 2 atom stereocenters. The number of hydrogen-bond acceptors (Lipinski definition) is 5. The molecule has 2 rings (SSSR count). The Balaban J connectivity index is 1.75. The molecule has 1 aromatic rings. The Kier molecular flexibility index (Phi) is 8.28. The first kappa shape index (κ1) is 21.2. The van der Waals surface area contributed by atoms with Crippen LogP contribution in [0, 0.1) is 11.3 Å². The zero-order valence-electron chi connectivity index (χ0n) is 16.0. The van der Waals surface area contributed by atoms with E-state index in [1.165, 1.54) is 11.8 Å². The summed E-state index contributed by atoms with van der Waals surface area (Å²) in [5.41, 5.74) is 0.895. The molecule has 8 heteroatoms. The Morgan fingerprint density at radius 3 is 2.75 bits per heavy atom. The Hall–Kier alpha value is -3.08. The van der Waals surface area contributed by atoms with E-state index in [9.17, 15) is 14.4 Å². The third-order valence-electron chi connectivity index (χ3n) is 4.51. The highest BCUT2D eigenvalue weighted by molar-refractivity contribution is 5.87. The predicted molar refractivity (Wildman–Crippen MR) is 102 cm³/mol. The molecule has 1 aliphatic heterocycles. The lowest BCUT2D eigenvalue weighted by Gasteiger charge is -2.26. The minimum Gasteiger partial charge on any atom is -0.445 e. The largest absolute Gasteiger partial charge is 0.445 e. The normalized spacial score (nSPS) is 16.7. The van der Waals surface area contributed by atoms with Crippen LogP contribution in [0.1, 0.15) is 38.2 Å². The maximum atomic E-state index is 12.7. The fourth-order valence-corrected chi connectivity index (χ4v) is 3.14. The van der Waals surface area contributed by atoms with Crippen LogP contribution in [0.5, 0.6) is 0 Å². The third-order valence-corrected chi connectivity index (χ3v) is 4.51. The van der Waals surface area contributed by atoms with Gasteiger partial charge in [0, 0.05) is 20.0 Å². The van der Waals surface area contributed by atoms with Gasteiger partial charge >= 0.3 is 6.09 Å². The van der Waals surface area contributed by atoms with Crippen molar-refractivity contribution in [3.8, 4) is 6.07 Å². The molecule has 2 N–H and O–H groups in total. The molecule has 8 nitrogen and oxygen atoms in total. The van der Waals surface area contributed by atoms with Gasteiger partial charge in [0.05, 0.1) is 6.07 Å². The van der Waals surface area contributed by atoms with Crippen LogP contribution in [0.3, 0.4) is 0 Å². The van der Waals surface area contributed by atoms with Gasteiger partial charge in [0.1, 0.15) is 18.7 Å². The quantitative estimate of drug-likeness (QED) is 0.661. The van der Waals surface area contributed by atoms with Gasteiger partial charge in [0.25, 0.3) is 0 Å². The van der Waals surface area contributed by atoms with Crippen LogP contribution < -0.4 is 10.6 Å². The molecule has 1 aromatic carbocycles. The summed E-state index contributed by atoms with van der Waals surface area (Å²) in [6, 6.07) is 10.3. The van der Waals surface area contributed by atoms with E-state index in [-0.39, 0.29) is 18.4 Å². The number of ether oxygens (including phenoxy) is 1. The number of amides is 3. The average Bonchev–Trinajstić information content (AvgIpc) is 3.17. The molecule has 28 heavy (non-hydrogen) atoms. The molecule has 3 amide bonds. The number of nitrogens with zero attached hydrogens (tertiary/aromatic N) is 2. The number of benzene rings is 1. The van der Waals surface area contributed by atoms with Crippen molar-refractivity contribution in [1.29, 1.82) is 5.26 Å². The van der Waals surface area contributed by atoms with Gasteiger partial charge in [0.2, 0.25) is 11.8 Å². The minimum absolute atomic E-state index is 0.185. The smallest absolute Gasteiger partial charge is 0.407 e. The summed E-state index contributed by atoms with van der Waals surface area (Å²) in [4.78, 5) is 37.4. The molecule has 1 saturated heterocycles. The fraction of sp³-hybridized carbons (Fsp3) is 0.500. The van der Waals surface area contributed by atoms with Crippen LogP contribution >= 0.6 is 0 Å². The van der Waals surface area contributed by atoms with Gasteiger partial charge in [-0.2, -0.15) is 5.26 Å². The highest BCUT2D eigenvalue weighted by atomic mass is 16.5. The highest BCUT2D eigenvalue weighted by Crippen LogP contribution is 2.18. The first-order valence-corrected chi connectivity index (χ1v) is 9.43. The van der Waals surface area contributed by atoms with Crippen molar-refractivity contribution in [1.82, 2.24) is 15.5 Å². The van der Waals surface area contributed by atoms with Gasteiger partial charge in [-0.15, -0.1) is 0 Å². The van der Waals surface area contributed by atoms with E-state index in [0.29, 0.717) is 32.4 Å². The number of likely N-dealkylation sites (tertiary alicyclic amines) is 1. The van der Waals surface area contributed by atoms with Crippen molar-refractivity contribution in [3.63, 3.8) is 0 Å². The van der Waals surface area contributed by atoms with E-state index in [1.54, 1.807) is 0 Å². The predicted octanol–water partition coefficient (Wildman–Crippen LogP) is 1.71. The Morgan fingerprint density at radius 2 is 2.07 bits per heavy atom. The van der Waals surface area contributed by atoms with Crippen LogP contribution in [0.15, 0.2) is 30.3 Å². The maximum absolute atomic E-state index is 12.7. The molecule has 1 heterocycles. The average molecular weight is 386 g/mol. The van der Waals surface area contributed by atoms with Gasteiger partial charge < -0.3 is 20.3 Å². The van der Waals surface area contributed by atoms with E-state index in [4.69, 9.17) is 10.00 Å². The number of alkyl carbamates (subject to hydrolysis) is 1. The van der Waals surface area contributed by atoms with Crippen LogP contribution in [0.25, 0.3) is 0 Å². The van der Waals surface area contributed by atoms with Gasteiger partial charge in [0.15, 0.2) is 0 Å². The Morgan fingerprint density at radius 1 is 1.32 bits per heavy atom. The van der Waals surface area contributed by atoms with Crippen molar-refractivity contribution in [2.24, 2.45) is 0 Å². The maximum Gasteiger partial charge on any atom is 0.407 e. The van der Waals surface area contributed by atoms with Crippen molar-refractivity contribution < 1.29 is 19.1 Å². The molecule has 0 aliphatic carbocycles. The molecular weight excluding hydrogens is 360 g/mol. The second kappa shape index (κ2) is 10.9. The SMILES string of the molecule is CC(=O)N[C@@H](CCCNC(=O)OCc1ccccc1)C(=O)N1CCCC1C#N. The monoisotopic (exact) mass is 386 g/mol. The summed E-state index contributed by atoms with van der Waals surface area (Å²) in [7, 11) is 0. The number of nitriles is 1. The summed E-state index contributed by atoms with van der Waals surface area (Å²) >= 11 is 0. The van der Waals surface area contributed by atoms with E-state index < -0.39 is 18.2 Å². The van der Waals surface area contributed by atoms with Crippen molar-refractivity contribution in [2.75, 3.05) is 13.1 Å². The summed E-state index contributed by atoms with van der Waals surface area (Å²) in [5.74, 6) is -0.549. The Labute approximate surface area is 164 Å². The number of rotatable bonds is 8. The molecule has 1 aliphatic rings. The molecule has 0 saturated carbocycles. The van der Waals surface area contributed by atoms with Gasteiger partial charge in [-0.25, -0.2) is 4.79 Å². The van der Waals surface area contributed by atoms with E-state index >= 15 is 0 Å². The fourth-order valence-electron chi connectivity index (χ4n) is 3.14. The van der Waals surface area contributed by atoms with Crippen LogP contribution in [-0.2, 0) is 20.9 Å². The molecule has 150 valence electrons. The lowest BCUT2D eigenvalue weighted by molar-refractivity contribution is -0.136. The summed E-state index contributed by atoms with van der Waals surface area (Å²) in [5, 5.41) is 14.5. The molecule has 1 fully saturated rings. The van der Waals surface area contributed by atoms with Gasteiger partial charge in [-0.1, -0.05) is 30.3 Å². The zero-order chi connectivity index (χ0) is 20.4. The Bertz CT molecular complexity index is 717. The number of carbonyl (C=O) groups is 3. The summed E-state index contributed by atoms with van der Waals surface area (Å²) < 4.78 is 5.13. The third kappa shape index (κ3) is 6.58. The van der Waals surface area contributed by atoms with E-state index in [2.05, 4.69) is 16.7 Å². The first-order valence-electron chi connectivity index (χ1n) is 9.43.